The summed E-state index contributed by atoms with van der Waals surface area (Å²) in [5.41, 5.74) is 13.4. The summed E-state index contributed by atoms with van der Waals surface area (Å²) < 4.78 is 0. The highest BCUT2D eigenvalue weighted by molar-refractivity contribution is 5.96. The Morgan fingerprint density at radius 1 is 1.26 bits per heavy atom. The van der Waals surface area contributed by atoms with Gasteiger partial charge in [-0.25, -0.2) is 4.99 Å². The Balaban J connectivity index is 2.88. The highest BCUT2D eigenvalue weighted by Crippen LogP contribution is 2.22. The van der Waals surface area contributed by atoms with E-state index in [0.29, 0.717) is 13.0 Å². The summed E-state index contributed by atoms with van der Waals surface area (Å²) in [5.74, 6) is 0.247. The zero-order chi connectivity index (χ0) is 14.6. The van der Waals surface area contributed by atoms with Gasteiger partial charge in [0.25, 0.3) is 0 Å². The molecular formula is C15H23N3O. The maximum absolute atomic E-state index is 12.1. The summed E-state index contributed by atoms with van der Waals surface area (Å²) in [6.45, 7) is 8.59. The van der Waals surface area contributed by atoms with Crippen LogP contribution in [0.4, 0.5) is 0 Å². The lowest BCUT2D eigenvalue weighted by atomic mass is 9.87. The lowest BCUT2D eigenvalue weighted by Crippen LogP contribution is -2.22. The lowest BCUT2D eigenvalue weighted by Gasteiger charge is -2.17. The van der Waals surface area contributed by atoms with Crippen molar-refractivity contribution in [3.8, 4) is 0 Å². The quantitative estimate of drug-likeness (QED) is 0.496. The maximum atomic E-state index is 12.1. The van der Waals surface area contributed by atoms with Crippen molar-refractivity contribution in [2.45, 2.75) is 40.7 Å². The molecule has 4 N–H and O–H groups in total. The SMILES string of the molecule is Cc1cc(C(=O)CC(C)(C)C)ccc1CN=C(N)N. The molecule has 0 bridgehead atoms. The van der Waals surface area contributed by atoms with Crippen LogP contribution in [0.3, 0.4) is 0 Å². The van der Waals surface area contributed by atoms with Gasteiger partial charge in [0.1, 0.15) is 0 Å². The first-order valence-electron chi connectivity index (χ1n) is 6.37. The number of nitrogens with two attached hydrogens (primary N) is 2. The third kappa shape index (κ3) is 5.12. The monoisotopic (exact) mass is 261 g/mol. The number of carbonyl (C=O) groups is 1. The van der Waals surface area contributed by atoms with E-state index in [1.165, 1.54) is 0 Å². The number of aryl methyl sites for hydroxylation is 1. The highest BCUT2D eigenvalue weighted by Gasteiger charge is 2.17. The molecule has 19 heavy (non-hydrogen) atoms. The molecule has 0 saturated heterocycles. The van der Waals surface area contributed by atoms with E-state index < -0.39 is 0 Å². The molecule has 0 amide bonds. The minimum atomic E-state index is 0.00194. The van der Waals surface area contributed by atoms with Crippen molar-refractivity contribution >= 4 is 11.7 Å². The van der Waals surface area contributed by atoms with Crippen LogP contribution in [0.5, 0.6) is 0 Å². The predicted molar refractivity (Wildman–Crippen MR) is 79.1 cm³/mol. The zero-order valence-electron chi connectivity index (χ0n) is 12.2. The van der Waals surface area contributed by atoms with Crippen molar-refractivity contribution in [3.05, 3.63) is 34.9 Å². The average Bonchev–Trinajstić information content (AvgIpc) is 2.24. The van der Waals surface area contributed by atoms with Gasteiger partial charge in [-0.05, 0) is 29.5 Å². The molecule has 1 rings (SSSR count). The number of ketones is 1. The minimum Gasteiger partial charge on any atom is -0.370 e. The summed E-state index contributed by atoms with van der Waals surface area (Å²) in [4.78, 5) is 16.1. The molecule has 0 saturated carbocycles. The fourth-order valence-electron chi connectivity index (χ4n) is 1.81. The van der Waals surface area contributed by atoms with Crippen molar-refractivity contribution < 1.29 is 4.79 Å². The normalized spacial score (nSPS) is 11.2. The smallest absolute Gasteiger partial charge is 0.186 e. The Morgan fingerprint density at radius 3 is 2.37 bits per heavy atom. The van der Waals surface area contributed by atoms with Crippen LogP contribution < -0.4 is 11.5 Å². The summed E-state index contributed by atoms with van der Waals surface area (Å²) in [6.07, 6.45) is 0.541. The standard InChI is InChI=1S/C15H23N3O/c1-10-7-11(13(19)8-15(2,3)4)5-6-12(10)9-18-14(16)17/h5-7H,8-9H2,1-4H3,(H4,16,17,18). The van der Waals surface area contributed by atoms with Crippen LogP contribution in [-0.2, 0) is 6.54 Å². The fourth-order valence-corrected chi connectivity index (χ4v) is 1.81. The van der Waals surface area contributed by atoms with Crippen LogP contribution in [0.1, 0.15) is 48.7 Å². The second-order valence-electron chi connectivity index (χ2n) is 6.04. The van der Waals surface area contributed by atoms with E-state index in [-0.39, 0.29) is 17.2 Å². The number of carbonyl (C=O) groups excluding carboxylic acids is 1. The molecule has 0 aliphatic heterocycles. The third-order valence-corrected chi connectivity index (χ3v) is 2.79. The summed E-state index contributed by atoms with van der Waals surface area (Å²) in [7, 11) is 0. The fraction of sp³-hybridized carbons (Fsp3) is 0.467. The van der Waals surface area contributed by atoms with E-state index in [0.717, 1.165) is 16.7 Å². The lowest BCUT2D eigenvalue weighted by molar-refractivity contribution is 0.0940. The molecule has 0 unspecified atom stereocenters. The van der Waals surface area contributed by atoms with Crippen molar-refractivity contribution in [2.24, 2.45) is 21.9 Å². The number of hydrogen-bond donors (Lipinski definition) is 2. The number of hydrogen-bond acceptors (Lipinski definition) is 2. The van der Waals surface area contributed by atoms with Crippen LogP contribution in [0.15, 0.2) is 23.2 Å². The second kappa shape index (κ2) is 5.87. The molecule has 0 radical (unpaired) electrons. The molecule has 0 spiro atoms. The third-order valence-electron chi connectivity index (χ3n) is 2.79. The number of benzene rings is 1. The summed E-state index contributed by atoms with van der Waals surface area (Å²) in [5, 5.41) is 0. The van der Waals surface area contributed by atoms with Gasteiger partial charge in [-0.1, -0.05) is 32.9 Å². The van der Waals surface area contributed by atoms with Crippen LogP contribution in [0.2, 0.25) is 0 Å². The number of nitrogens with zero attached hydrogens (tertiary/aromatic N) is 1. The Morgan fingerprint density at radius 2 is 1.89 bits per heavy atom. The molecule has 1 aromatic carbocycles. The molecule has 104 valence electrons. The maximum Gasteiger partial charge on any atom is 0.186 e. The van der Waals surface area contributed by atoms with Gasteiger partial charge in [-0.2, -0.15) is 0 Å². The van der Waals surface area contributed by atoms with Crippen molar-refractivity contribution in [2.75, 3.05) is 0 Å². The van der Waals surface area contributed by atoms with Gasteiger partial charge in [0.2, 0.25) is 0 Å². The second-order valence-corrected chi connectivity index (χ2v) is 6.04. The van der Waals surface area contributed by atoms with E-state index in [1.807, 2.05) is 25.1 Å². The van der Waals surface area contributed by atoms with Gasteiger partial charge < -0.3 is 11.5 Å². The van der Waals surface area contributed by atoms with Crippen LogP contribution in [0.25, 0.3) is 0 Å². The molecule has 0 heterocycles. The van der Waals surface area contributed by atoms with Crippen LogP contribution in [-0.4, -0.2) is 11.7 Å². The van der Waals surface area contributed by atoms with Gasteiger partial charge in [0.05, 0.1) is 6.54 Å². The number of rotatable bonds is 4. The topological polar surface area (TPSA) is 81.5 Å². The number of guanidine groups is 1. The molecule has 0 fully saturated rings. The van der Waals surface area contributed by atoms with Crippen molar-refractivity contribution in [1.29, 1.82) is 0 Å². The first-order chi connectivity index (χ1) is 8.69. The van der Waals surface area contributed by atoms with Gasteiger partial charge in [0, 0.05) is 12.0 Å². The molecule has 4 heteroatoms. The van der Waals surface area contributed by atoms with Gasteiger partial charge in [-0.3, -0.25) is 4.79 Å². The van der Waals surface area contributed by atoms with Gasteiger partial charge in [-0.15, -0.1) is 0 Å². The number of Topliss-reactive ketones (excluding diaryl/α,β-unsaturated/α-hetero) is 1. The zero-order valence-corrected chi connectivity index (χ0v) is 12.2. The van der Waals surface area contributed by atoms with Gasteiger partial charge in [0.15, 0.2) is 11.7 Å². The Kier molecular flexibility index (Phi) is 4.70. The molecule has 0 aliphatic rings. The van der Waals surface area contributed by atoms with Crippen LogP contribution >= 0.6 is 0 Å². The largest absolute Gasteiger partial charge is 0.370 e. The Bertz CT molecular complexity index is 495. The van der Waals surface area contributed by atoms with E-state index >= 15 is 0 Å². The Hall–Kier alpha value is -1.84. The predicted octanol–water partition coefficient (Wildman–Crippen LogP) is 2.39. The van der Waals surface area contributed by atoms with Gasteiger partial charge >= 0.3 is 0 Å². The highest BCUT2D eigenvalue weighted by atomic mass is 16.1. The minimum absolute atomic E-state index is 0.00194. The van der Waals surface area contributed by atoms with E-state index in [9.17, 15) is 4.79 Å². The van der Waals surface area contributed by atoms with E-state index in [1.54, 1.807) is 0 Å². The molecule has 0 atom stereocenters. The molecular weight excluding hydrogens is 238 g/mol. The summed E-state index contributed by atoms with van der Waals surface area (Å²) in [6, 6.07) is 5.67. The van der Waals surface area contributed by atoms with Crippen LogP contribution in [0, 0.1) is 12.3 Å². The first kappa shape index (κ1) is 15.2. The van der Waals surface area contributed by atoms with Crippen molar-refractivity contribution in [3.63, 3.8) is 0 Å². The van der Waals surface area contributed by atoms with E-state index in [4.69, 9.17) is 11.5 Å². The molecule has 0 aromatic heterocycles. The molecule has 0 aliphatic carbocycles. The van der Waals surface area contributed by atoms with Crippen molar-refractivity contribution in [1.82, 2.24) is 0 Å². The average molecular weight is 261 g/mol. The summed E-state index contributed by atoms with van der Waals surface area (Å²) >= 11 is 0. The molecule has 1 aromatic rings. The Labute approximate surface area is 114 Å². The first-order valence-corrected chi connectivity index (χ1v) is 6.37. The molecule has 4 nitrogen and oxygen atoms in total. The number of aliphatic imine (C=N–C) groups is 1. The van der Waals surface area contributed by atoms with E-state index in [2.05, 4.69) is 25.8 Å².